The number of rotatable bonds is 7. The molecule has 0 unspecified atom stereocenters. The highest BCUT2D eigenvalue weighted by Crippen LogP contribution is 2.27. The highest BCUT2D eigenvalue weighted by Gasteiger charge is 2.19. The molecule has 3 aromatic rings. The van der Waals surface area contributed by atoms with Crippen molar-refractivity contribution in [3.63, 3.8) is 0 Å². The number of ether oxygens (including phenoxy) is 1. The summed E-state index contributed by atoms with van der Waals surface area (Å²) in [6.07, 6.45) is 6.49. The Balaban J connectivity index is 1.54. The third kappa shape index (κ3) is 5.08. The molecule has 2 heterocycles. The third-order valence-corrected chi connectivity index (χ3v) is 5.71. The van der Waals surface area contributed by atoms with E-state index in [2.05, 4.69) is 15.1 Å². The van der Waals surface area contributed by atoms with Crippen molar-refractivity contribution >= 4 is 5.70 Å². The zero-order valence-electron chi connectivity index (χ0n) is 18.6. The Labute approximate surface area is 188 Å². The van der Waals surface area contributed by atoms with Crippen LogP contribution in [0, 0.1) is 6.92 Å². The monoisotopic (exact) mass is 434 g/mol. The number of aromatic nitrogens is 3. The van der Waals surface area contributed by atoms with Gasteiger partial charge in [0.15, 0.2) is 0 Å². The average Bonchev–Trinajstić information content (AvgIpc) is 3.28. The van der Waals surface area contributed by atoms with Gasteiger partial charge in [-0.15, -0.1) is 0 Å². The first kappa shape index (κ1) is 21.8. The Morgan fingerprint density at radius 1 is 1.09 bits per heavy atom. The van der Waals surface area contributed by atoms with Crippen LogP contribution in [0.1, 0.15) is 49.4 Å². The van der Waals surface area contributed by atoms with Crippen molar-refractivity contribution in [1.82, 2.24) is 20.1 Å². The molecule has 2 aromatic heterocycles. The van der Waals surface area contributed by atoms with Crippen LogP contribution >= 0.6 is 0 Å². The molecular formula is C24H30N6O2. The number of pyridine rings is 1. The molecule has 8 heteroatoms. The van der Waals surface area contributed by atoms with Gasteiger partial charge in [0.2, 0.25) is 11.7 Å². The molecule has 4 N–H and O–H groups in total. The van der Waals surface area contributed by atoms with Gasteiger partial charge in [-0.2, -0.15) is 4.98 Å². The number of aryl methyl sites for hydroxylation is 1. The summed E-state index contributed by atoms with van der Waals surface area (Å²) >= 11 is 0. The summed E-state index contributed by atoms with van der Waals surface area (Å²) < 4.78 is 11.6. The van der Waals surface area contributed by atoms with Gasteiger partial charge in [-0.3, -0.25) is 0 Å². The minimum atomic E-state index is 0.269. The Morgan fingerprint density at radius 3 is 2.53 bits per heavy atom. The van der Waals surface area contributed by atoms with Crippen LogP contribution in [0.15, 0.2) is 52.7 Å². The molecule has 32 heavy (non-hydrogen) atoms. The summed E-state index contributed by atoms with van der Waals surface area (Å²) in [4.78, 5) is 9.16. The second-order valence-electron chi connectivity index (χ2n) is 8.18. The molecule has 0 bridgehead atoms. The molecule has 1 aromatic carbocycles. The number of hydrogen-bond acceptors (Lipinski definition) is 8. The van der Waals surface area contributed by atoms with Crippen LogP contribution in [-0.2, 0) is 6.42 Å². The molecule has 0 radical (unpaired) electrons. The van der Waals surface area contributed by atoms with Crippen molar-refractivity contribution in [2.24, 2.45) is 11.6 Å². The normalized spacial score (nSPS) is 15.3. The van der Waals surface area contributed by atoms with Crippen molar-refractivity contribution in [2.45, 2.75) is 51.6 Å². The molecule has 168 valence electrons. The zero-order chi connectivity index (χ0) is 22.5. The third-order valence-electron chi connectivity index (χ3n) is 5.71. The molecule has 0 atom stereocenters. The van der Waals surface area contributed by atoms with Crippen LogP contribution in [0.2, 0.25) is 0 Å². The topological polar surface area (TPSA) is 116 Å². The Hall–Kier alpha value is -3.39. The van der Waals surface area contributed by atoms with Gasteiger partial charge in [-0.05, 0) is 44.7 Å². The SMILES string of the molecule is Cc1nc(/C(N)=C(\Cc2nc(-c3ccccc3)no2)N(C)N)ccc1OC1CCCCC1. The molecule has 8 nitrogen and oxygen atoms in total. The first-order chi connectivity index (χ1) is 15.5. The standard InChI is InChI=1S/C24H30N6O2/c1-16-21(31-18-11-7-4-8-12-18)14-13-19(27-16)23(25)20(30(2)26)15-22-28-24(29-32-22)17-9-5-3-6-10-17/h3,5-6,9-10,13-14,18H,4,7-8,11-12,15,25-26H2,1-2H3/b23-20-. The van der Waals surface area contributed by atoms with Gasteiger partial charge in [-0.25, -0.2) is 10.8 Å². The second-order valence-corrected chi connectivity index (χ2v) is 8.18. The fraction of sp³-hybridized carbons (Fsp3) is 0.375. The van der Waals surface area contributed by atoms with Gasteiger partial charge < -0.3 is 20.0 Å². The highest BCUT2D eigenvalue weighted by molar-refractivity contribution is 5.63. The van der Waals surface area contributed by atoms with Gasteiger partial charge >= 0.3 is 0 Å². The Morgan fingerprint density at radius 2 is 1.84 bits per heavy atom. The van der Waals surface area contributed by atoms with E-state index in [0.29, 0.717) is 35.2 Å². The lowest BCUT2D eigenvalue weighted by molar-refractivity contribution is 0.153. The molecule has 0 saturated heterocycles. The maximum atomic E-state index is 6.47. The first-order valence-corrected chi connectivity index (χ1v) is 11.0. The number of hydrazine groups is 1. The van der Waals surface area contributed by atoms with Crippen molar-refractivity contribution < 1.29 is 9.26 Å². The fourth-order valence-corrected chi connectivity index (χ4v) is 3.92. The minimum absolute atomic E-state index is 0.269. The highest BCUT2D eigenvalue weighted by atomic mass is 16.5. The molecule has 1 aliphatic rings. The lowest BCUT2D eigenvalue weighted by Crippen LogP contribution is -2.29. The lowest BCUT2D eigenvalue weighted by atomic mass is 9.98. The number of allylic oxidation sites excluding steroid dienone is 1. The van der Waals surface area contributed by atoms with Gasteiger partial charge in [0.25, 0.3) is 0 Å². The Kier molecular flexibility index (Phi) is 6.70. The fourth-order valence-electron chi connectivity index (χ4n) is 3.92. The number of nitrogens with two attached hydrogens (primary N) is 2. The largest absolute Gasteiger partial charge is 0.489 e. The number of nitrogens with zero attached hydrogens (tertiary/aromatic N) is 4. The molecule has 0 amide bonds. The van der Waals surface area contributed by atoms with E-state index in [-0.39, 0.29) is 6.10 Å². The summed E-state index contributed by atoms with van der Waals surface area (Å²) in [5.41, 5.74) is 9.89. The smallest absolute Gasteiger partial charge is 0.233 e. The molecule has 0 spiro atoms. The number of likely N-dealkylation sites (N-methyl/N-ethyl adjacent to an activating group) is 1. The Bertz CT molecular complexity index is 1070. The zero-order valence-corrected chi connectivity index (χ0v) is 18.6. The molecule has 1 aliphatic carbocycles. The van der Waals surface area contributed by atoms with Crippen molar-refractivity contribution in [3.8, 4) is 17.1 Å². The number of benzene rings is 1. The van der Waals surface area contributed by atoms with Crippen LogP contribution in [0.25, 0.3) is 17.1 Å². The van der Waals surface area contributed by atoms with Crippen molar-refractivity contribution in [1.29, 1.82) is 0 Å². The molecule has 1 saturated carbocycles. The van der Waals surface area contributed by atoms with Crippen LogP contribution < -0.4 is 16.3 Å². The van der Waals surface area contributed by atoms with Crippen molar-refractivity contribution in [2.75, 3.05) is 7.05 Å². The summed E-state index contributed by atoms with van der Waals surface area (Å²) in [6, 6.07) is 13.5. The van der Waals surface area contributed by atoms with E-state index < -0.39 is 0 Å². The van der Waals surface area contributed by atoms with E-state index in [4.69, 9.17) is 20.8 Å². The van der Waals surface area contributed by atoms with Crippen LogP contribution in [0.5, 0.6) is 5.75 Å². The van der Waals surface area contributed by atoms with E-state index in [9.17, 15) is 0 Å². The van der Waals surface area contributed by atoms with Gasteiger partial charge in [-0.1, -0.05) is 41.9 Å². The van der Waals surface area contributed by atoms with E-state index in [1.54, 1.807) is 7.05 Å². The van der Waals surface area contributed by atoms with Gasteiger partial charge in [0, 0.05) is 12.6 Å². The molecular weight excluding hydrogens is 404 g/mol. The summed E-state index contributed by atoms with van der Waals surface area (Å²) in [7, 11) is 1.73. The first-order valence-electron chi connectivity index (χ1n) is 11.0. The molecule has 1 fully saturated rings. The predicted octanol–water partition coefficient (Wildman–Crippen LogP) is 3.83. The second kappa shape index (κ2) is 9.82. The van der Waals surface area contributed by atoms with E-state index in [1.165, 1.54) is 24.3 Å². The minimum Gasteiger partial charge on any atom is -0.489 e. The quantitative estimate of drug-likeness (QED) is 0.426. The molecule has 4 rings (SSSR count). The number of hydrogen-bond donors (Lipinski definition) is 2. The maximum Gasteiger partial charge on any atom is 0.233 e. The van der Waals surface area contributed by atoms with Crippen molar-refractivity contribution in [3.05, 3.63) is 65.4 Å². The summed E-state index contributed by atoms with van der Waals surface area (Å²) in [5, 5.41) is 5.53. The predicted molar refractivity (Wildman–Crippen MR) is 123 cm³/mol. The van der Waals surface area contributed by atoms with E-state index in [0.717, 1.165) is 29.8 Å². The maximum absolute atomic E-state index is 6.47. The van der Waals surface area contributed by atoms with Crippen LogP contribution in [0.3, 0.4) is 0 Å². The summed E-state index contributed by atoms with van der Waals surface area (Å²) in [5.74, 6) is 7.84. The average molecular weight is 435 g/mol. The van der Waals surface area contributed by atoms with Gasteiger partial charge in [0.05, 0.1) is 35.3 Å². The lowest BCUT2D eigenvalue weighted by Gasteiger charge is -2.24. The van der Waals surface area contributed by atoms with Gasteiger partial charge in [0.1, 0.15) is 5.75 Å². The van der Waals surface area contributed by atoms with E-state index in [1.807, 2.05) is 49.4 Å². The van der Waals surface area contributed by atoms with E-state index >= 15 is 0 Å². The van der Waals surface area contributed by atoms with Crippen LogP contribution in [0.4, 0.5) is 0 Å². The summed E-state index contributed by atoms with van der Waals surface area (Å²) in [6.45, 7) is 1.94. The molecule has 0 aliphatic heterocycles. The van der Waals surface area contributed by atoms with Crippen LogP contribution in [-0.4, -0.2) is 33.3 Å².